The van der Waals surface area contributed by atoms with Crippen molar-refractivity contribution in [2.24, 2.45) is 5.92 Å². The lowest BCUT2D eigenvalue weighted by atomic mass is 10.0. The first-order valence-electron chi connectivity index (χ1n) is 12.9. The quantitative estimate of drug-likeness (QED) is 0.416. The molecule has 1 atom stereocenters. The zero-order valence-electron chi connectivity index (χ0n) is 20.9. The first-order valence-corrected chi connectivity index (χ1v) is 12.9. The average Bonchev–Trinajstić information content (AvgIpc) is 3.73. The van der Waals surface area contributed by atoms with Gasteiger partial charge in [-0.05, 0) is 49.9 Å². The molecule has 0 radical (unpaired) electrons. The van der Waals surface area contributed by atoms with Crippen LogP contribution in [0.3, 0.4) is 0 Å². The number of benzene rings is 1. The van der Waals surface area contributed by atoms with Gasteiger partial charge in [0.1, 0.15) is 5.82 Å². The molecule has 37 heavy (non-hydrogen) atoms. The zero-order chi connectivity index (χ0) is 25.8. The molecular formula is C27H32F2N6O2. The molecule has 3 aromatic rings. The summed E-state index contributed by atoms with van der Waals surface area (Å²) in [5, 5.41) is 7.14. The van der Waals surface area contributed by atoms with Gasteiger partial charge in [0.2, 0.25) is 0 Å². The van der Waals surface area contributed by atoms with Crippen LogP contribution in [0.5, 0.6) is 6.01 Å². The minimum atomic E-state index is -2.66. The van der Waals surface area contributed by atoms with E-state index in [1.54, 1.807) is 18.5 Å². The van der Waals surface area contributed by atoms with Crippen LogP contribution in [-0.4, -0.2) is 64.5 Å². The molecule has 10 heteroatoms. The Morgan fingerprint density at radius 3 is 2.62 bits per heavy atom. The minimum Gasteiger partial charge on any atom is -0.464 e. The van der Waals surface area contributed by atoms with Crippen LogP contribution < -0.4 is 15.4 Å². The van der Waals surface area contributed by atoms with Crippen molar-refractivity contribution in [1.29, 1.82) is 0 Å². The smallest absolute Gasteiger partial charge is 0.316 e. The number of hydrogen-bond acceptors (Lipinski definition) is 7. The number of hydrogen-bond donors (Lipinski definition) is 2. The monoisotopic (exact) mass is 510 g/mol. The van der Waals surface area contributed by atoms with Gasteiger partial charge in [0.05, 0.1) is 18.2 Å². The van der Waals surface area contributed by atoms with Gasteiger partial charge in [-0.2, -0.15) is 0 Å². The maximum absolute atomic E-state index is 13.8. The molecule has 1 aliphatic heterocycles. The summed E-state index contributed by atoms with van der Waals surface area (Å²) in [7, 11) is 0. The largest absolute Gasteiger partial charge is 0.464 e. The minimum absolute atomic E-state index is 0.218. The van der Waals surface area contributed by atoms with Gasteiger partial charge >= 0.3 is 6.01 Å². The molecule has 196 valence electrons. The van der Waals surface area contributed by atoms with Crippen LogP contribution in [0.4, 0.5) is 14.6 Å². The third kappa shape index (κ3) is 6.30. The number of anilines is 1. The van der Waals surface area contributed by atoms with Crippen molar-refractivity contribution in [1.82, 2.24) is 25.2 Å². The molecule has 0 spiro atoms. The van der Waals surface area contributed by atoms with Crippen LogP contribution in [0.15, 0.2) is 42.7 Å². The Balaban J connectivity index is 1.31. The molecule has 1 amide bonds. The summed E-state index contributed by atoms with van der Waals surface area (Å²) >= 11 is 0. The summed E-state index contributed by atoms with van der Waals surface area (Å²) in [6.07, 6.45) is 5.35. The van der Waals surface area contributed by atoms with Crippen LogP contribution in [0, 0.1) is 5.92 Å². The molecule has 1 saturated heterocycles. The molecule has 1 aromatic carbocycles. The second kappa shape index (κ2) is 10.9. The van der Waals surface area contributed by atoms with Crippen LogP contribution in [0.2, 0.25) is 0 Å². The van der Waals surface area contributed by atoms with E-state index in [9.17, 15) is 13.6 Å². The van der Waals surface area contributed by atoms with Crippen LogP contribution in [-0.2, 0) is 0 Å². The average molecular weight is 511 g/mol. The highest BCUT2D eigenvalue weighted by Crippen LogP contribution is 2.32. The fraction of sp³-hybridized carbons (Fsp3) is 0.481. The van der Waals surface area contributed by atoms with Gasteiger partial charge in [0, 0.05) is 67.9 Å². The van der Waals surface area contributed by atoms with E-state index in [4.69, 9.17) is 4.74 Å². The molecule has 2 N–H and O–H groups in total. The van der Waals surface area contributed by atoms with E-state index in [1.165, 1.54) is 12.8 Å². The number of ether oxygens (including phenoxy) is 1. The van der Waals surface area contributed by atoms with Gasteiger partial charge in [-0.15, -0.1) is 0 Å². The third-order valence-corrected chi connectivity index (χ3v) is 6.98. The molecular weight excluding hydrogens is 478 g/mol. The van der Waals surface area contributed by atoms with Gasteiger partial charge in [0.25, 0.3) is 11.8 Å². The third-order valence-electron chi connectivity index (χ3n) is 6.98. The normalized spacial score (nSPS) is 18.4. The fourth-order valence-corrected chi connectivity index (χ4v) is 4.63. The summed E-state index contributed by atoms with van der Waals surface area (Å²) in [5.74, 6) is -1.38. The highest BCUT2D eigenvalue weighted by Gasteiger charge is 2.37. The van der Waals surface area contributed by atoms with Crippen LogP contribution in [0.25, 0.3) is 10.9 Å². The van der Waals surface area contributed by atoms with Crippen molar-refractivity contribution < 1.29 is 18.3 Å². The second-order valence-corrected chi connectivity index (χ2v) is 9.74. The van der Waals surface area contributed by atoms with E-state index in [0.29, 0.717) is 12.2 Å². The topological polar surface area (TPSA) is 92.3 Å². The molecule has 0 bridgehead atoms. The first kappa shape index (κ1) is 25.3. The molecule has 1 aliphatic carbocycles. The van der Waals surface area contributed by atoms with E-state index in [1.807, 2.05) is 36.1 Å². The number of pyridine rings is 1. The number of nitrogens with zero attached hydrogens (tertiary/aromatic N) is 4. The summed E-state index contributed by atoms with van der Waals surface area (Å²) in [4.78, 5) is 28.4. The number of carbonyl (C=O) groups excluding carboxylic acids is 1. The van der Waals surface area contributed by atoms with Gasteiger partial charge in [-0.1, -0.05) is 6.07 Å². The Hall–Kier alpha value is -3.40. The molecule has 1 unspecified atom stereocenters. The second-order valence-electron chi connectivity index (χ2n) is 9.74. The fourth-order valence-electron chi connectivity index (χ4n) is 4.63. The lowest BCUT2D eigenvalue weighted by Crippen LogP contribution is -2.45. The number of carbonyl (C=O) groups is 1. The molecule has 2 fully saturated rings. The molecule has 2 aliphatic rings. The highest BCUT2D eigenvalue weighted by atomic mass is 19.3. The Kier molecular flexibility index (Phi) is 7.45. The van der Waals surface area contributed by atoms with Crippen LogP contribution >= 0.6 is 0 Å². The predicted molar refractivity (Wildman–Crippen MR) is 137 cm³/mol. The van der Waals surface area contributed by atoms with E-state index >= 15 is 0 Å². The number of halogens is 2. The van der Waals surface area contributed by atoms with Crippen molar-refractivity contribution in [3.63, 3.8) is 0 Å². The highest BCUT2D eigenvalue weighted by molar-refractivity contribution is 6.06. The lowest BCUT2D eigenvalue weighted by molar-refractivity contribution is -0.0632. The molecule has 8 nitrogen and oxygen atoms in total. The Morgan fingerprint density at radius 1 is 1.16 bits per heavy atom. The maximum atomic E-state index is 13.8. The molecule has 1 saturated carbocycles. The van der Waals surface area contributed by atoms with Crippen molar-refractivity contribution in [3.05, 3.63) is 53.9 Å². The standard InChI is InChI=1S/C27H32F2N6O2/c1-2-37-26-32-15-19(16-33-26)23(35-12-10-27(28,29)11-13-35)17-31-25(36)21-4-3-5-22-20(21)8-9-24(34-22)30-14-18-6-7-18/h3-5,8-9,15-16,18,23H,2,6-7,10-14,17H2,1H3,(H,30,34)(H,31,36). The number of likely N-dealkylation sites (tertiary alicyclic amines) is 1. The number of alkyl halides is 2. The maximum Gasteiger partial charge on any atom is 0.316 e. The van der Waals surface area contributed by atoms with Crippen LogP contribution in [0.1, 0.15) is 54.6 Å². The molecule has 3 heterocycles. The van der Waals surface area contributed by atoms with Gasteiger partial charge in [-0.3, -0.25) is 9.69 Å². The van der Waals surface area contributed by atoms with E-state index in [-0.39, 0.29) is 50.4 Å². The van der Waals surface area contributed by atoms with Crippen molar-refractivity contribution in [3.8, 4) is 6.01 Å². The van der Waals surface area contributed by atoms with E-state index in [0.717, 1.165) is 34.7 Å². The molecule has 2 aromatic heterocycles. The lowest BCUT2D eigenvalue weighted by Gasteiger charge is -2.37. The summed E-state index contributed by atoms with van der Waals surface area (Å²) in [6, 6.07) is 9.21. The summed E-state index contributed by atoms with van der Waals surface area (Å²) in [5.41, 5.74) is 1.99. The Bertz CT molecular complexity index is 1230. The Morgan fingerprint density at radius 2 is 1.92 bits per heavy atom. The predicted octanol–water partition coefficient (Wildman–Crippen LogP) is 4.45. The number of fused-ring (bicyclic) bond motifs is 1. The first-order chi connectivity index (χ1) is 17.9. The van der Waals surface area contributed by atoms with Gasteiger partial charge < -0.3 is 15.4 Å². The number of aromatic nitrogens is 3. The van der Waals surface area contributed by atoms with E-state index < -0.39 is 5.92 Å². The number of rotatable bonds is 10. The van der Waals surface area contributed by atoms with Crippen molar-refractivity contribution in [2.45, 2.75) is 44.6 Å². The summed E-state index contributed by atoms with van der Waals surface area (Å²) in [6.45, 7) is 3.87. The van der Waals surface area contributed by atoms with E-state index in [2.05, 4.69) is 25.6 Å². The van der Waals surface area contributed by atoms with Crippen molar-refractivity contribution in [2.75, 3.05) is 38.1 Å². The molecule has 5 rings (SSSR count). The zero-order valence-corrected chi connectivity index (χ0v) is 20.9. The number of piperidine rings is 1. The van der Waals surface area contributed by atoms with Gasteiger partial charge in [-0.25, -0.2) is 23.7 Å². The van der Waals surface area contributed by atoms with Crippen molar-refractivity contribution >= 4 is 22.6 Å². The van der Waals surface area contributed by atoms with Gasteiger partial charge in [0.15, 0.2) is 0 Å². The SMILES string of the molecule is CCOc1ncc(C(CNC(=O)c2cccc3nc(NCC4CC4)ccc23)N2CCC(F)(F)CC2)cn1. The Labute approximate surface area is 214 Å². The number of amides is 1. The summed E-state index contributed by atoms with van der Waals surface area (Å²) < 4.78 is 33.0. The number of nitrogens with one attached hydrogen (secondary N) is 2.